The summed E-state index contributed by atoms with van der Waals surface area (Å²) in [7, 11) is 0. The van der Waals surface area contributed by atoms with Crippen LogP contribution in [0.2, 0.25) is 0 Å². The molecule has 16 nitrogen and oxygen atoms in total. The van der Waals surface area contributed by atoms with Crippen molar-refractivity contribution < 1.29 is 52.7 Å². The van der Waals surface area contributed by atoms with Crippen LogP contribution >= 0.6 is 35.7 Å². The SMILES string of the molecule is CCSC1C(CCOC(=O)OCc2ccc([N+](=O)[O-])cc2)C(=O)N1C(SC(=S)OC1COCOC1)C(=O)OCc1ccc([N+](=O)[O-])cc1. The summed E-state index contributed by atoms with van der Waals surface area (Å²) in [6.07, 6.45) is -1.33. The molecule has 0 spiro atoms. The Morgan fingerprint density at radius 2 is 1.52 bits per heavy atom. The molecule has 19 heteroatoms. The normalized spacial score (nSPS) is 18.3. The second-order valence-electron chi connectivity index (χ2n) is 10.1. The number of esters is 1. The van der Waals surface area contributed by atoms with Crippen molar-refractivity contribution in [3.8, 4) is 0 Å². The Morgan fingerprint density at radius 3 is 2.06 bits per heavy atom. The number of non-ortho nitro benzene ring substituents is 2. The zero-order valence-electron chi connectivity index (χ0n) is 25.5. The molecule has 0 aliphatic carbocycles. The second-order valence-corrected chi connectivity index (χ2v) is 13.2. The van der Waals surface area contributed by atoms with E-state index in [0.29, 0.717) is 16.9 Å². The number of nitro benzene ring substituents is 2. The first kappa shape index (κ1) is 36.8. The molecule has 0 N–H and O–H groups in total. The van der Waals surface area contributed by atoms with Gasteiger partial charge in [-0.1, -0.05) is 6.92 Å². The van der Waals surface area contributed by atoms with Crippen molar-refractivity contribution >= 4 is 69.5 Å². The quantitative estimate of drug-likeness (QED) is 0.0814. The van der Waals surface area contributed by atoms with Crippen molar-refractivity contribution in [3.05, 3.63) is 79.9 Å². The maximum absolute atomic E-state index is 13.5. The number of thiocarbonyl (C=S) groups is 1. The van der Waals surface area contributed by atoms with Crippen LogP contribution in [-0.2, 0) is 51.2 Å². The molecule has 2 saturated heterocycles. The molecule has 2 aliphatic heterocycles. The Labute approximate surface area is 288 Å². The lowest BCUT2D eigenvalue weighted by molar-refractivity contribution is -0.385. The van der Waals surface area contributed by atoms with Crippen molar-refractivity contribution in [2.24, 2.45) is 5.92 Å². The number of nitro groups is 2. The van der Waals surface area contributed by atoms with E-state index < -0.39 is 44.7 Å². The molecule has 258 valence electrons. The molecule has 2 aromatic carbocycles. The minimum Gasteiger partial charge on any atom is -0.470 e. The van der Waals surface area contributed by atoms with Crippen LogP contribution in [0.3, 0.4) is 0 Å². The van der Waals surface area contributed by atoms with Gasteiger partial charge in [0.2, 0.25) is 10.3 Å². The number of rotatable bonds is 15. The molecule has 2 heterocycles. The lowest BCUT2D eigenvalue weighted by Gasteiger charge is -2.49. The number of benzene rings is 2. The van der Waals surface area contributed by atoms with Gasteiger partial charge in [-0.05, 0) is 71.5 Å². The van der Waals surface area contributed by atoms with E-state index in [-0.39, 0.29) is 67.9 Å². The summed E-state index contributed by atoms with van der Waals surface area (Å²) in [6, 6.07) is 11.0. The molecule has 3 unspecified atom stereocenters. The minimum absolute atomic E-state index is 0.0259. The minimum atomic E-state index is -1.22. The summed E-state index contributed by atoms with van der Waals surface area (Å²) in [6.45, 7) is 1.95. The highest BCUT2D eigenvalue weighted by molar-refractivity contribution is 8.23. The first-order chi connectivity index (χ1) is 23.1. The topological polar surface area (TPSA) is 196 Å². The van der Waals surface area contributed by atoms with E-state index in [1.807, 2.05) is 6.92 Å². The van der Waals surface area contributed by atoms with Crippen LogP contribution in [0.5, 0.6) is 0 Å². The third-order valence-corrected chi connectivity index (χ3v) is 9.45. The van der Waals surface area contributed by atoms with Crippen molar-refractivity contribution in [2.45, 2.75) is 43.4 Å². The Bertz CT molecular complexity index is 1470. The summed E-state index contributed by atoms with van der Waals surface area (Å²) in [5, 5.41) is 20.1. The van der Waals surface area contributed by atoms with Gasteiger partial charge in [-0.25, -0.2) is 9.59 Å². The number of nitrogens with zero attached hydrogens (tertiary/aromatic N) is 3. The number of amides is 1. The summed E-state index contributed by atoms with van der Waals surface area (Å²) in [4.78, 5) is 61.2. The van der Waals surface area contributed by atoms with Gasteiger partial charge in [-0.2, -0.15) is 0 Å². The van der Waals surface area contributed by atoms with E-state index in [2.05, 4.69) is 0 Å². The predicted molar refractivity (Wildman–Crippen MR) is 175 cm³/mol. The standard InChI is InChI=1S/C29H31N3O13S3/c1-2-47-25-23(11-12-42-28(35)44-14-19-5-9-21(10-6-19)32(38)39)24(33)30(25)26(48-29(46)45-22-15-40-17-41-16-22)27(34)43-13-18-3-7-20(8-4-18)31(36)37/h3-10,22-23,25-26H,2,11-17H2,1H3. The van der Waals surface area contributed by atoms with E-state index in [4.69, 9.17) is 40.6 Å². The van der Waals surface area contributed by atoms with Gasteiger partial charge in [-0.3, -0.25) is 25.0 Å². The third-order valence-electron chi connectivity index (χ3n) is 6.91. The summed E-state index contributed by atoms with van der Waals surface area (Å²) in [5.74, 6) is -1.17. The zero-order valence-corrected chi connectivity index (χ0v) is 27.9. The van der Waals surface area contributed by atoms with Gasteiger partial charge in [0.15, 0.2) is 5.37 Å². The summed E-state index contributed by atoms with van der Waals surface area (Å²) < 4.78 is 31.9. The number of ether oxygens (including phenoxy) is 6. The van der Waals surface area contributed by atoms with Gasteiger partial charge in [0, 0.05) is 24.3 Å². The predicted octanol–water partition coefficient (Wildman–Crippen LogP) is 4.56. The number of thioether (sulfide) groups is 2. The highest BCUT2D eigenvalue weighted by Crippen LogP contribution is 2.42. The Morgan fingerprint density at radius 1 is 0.958 bits per heavy atom. The molecule has 0 radical (unpaired) electrons. The van der Waals surface area contributed by atoms with E-state index >= 15 is 0 Å². The number of likely N-dealkylation sites (tertiary alicyclic amines) is 1. The molecule has 0 bridgehead atoms. The fourth-order valence-electron chi connectivity index (χ4n) is 4.55. The van der Waals surface area contributed by atoms with E-state index in [1.165, 1.54) is 65.2 Å². The van der Waals surface area contributed by atoms with Crippen LogP contribution in [0, 0.1) is 26.1 Å². The summed E-state index contributed by atoms with van der Waals surface area (Å²) in [5.41, 5.74) is 0.811. The molecule has 4 rings (SSSR count). The lowest BCUT2D eigenvalue weighted by atomic mass is 9.94. The fourth-order valence-corrected chi connectivity index (χ4v) is 7.13. The summed E-state index contributed by atoms with van der Waals surface area (Å²) >= 11 is 7.64. The lowest BCUT2D eigenvalue weighted by Crippen LogP contribution is -2.64. The van der Waals surface area contributed by atoms with Gasteiger partial charge in [0.25, 0.3) is 11.4 Å². The molecule has 3 atom stereocenters. The monoisotopic (exact) mass is 725 g/mol. The smallest absolute Gasteiger partial charge is 0.470 e. The first-order valence-corrected chi connectivity index (χ1v) is 16.8. The molecule has 1 amide bonds. The number of hydrogen-bond donors (Lipinski definition) is 0. The van der Waals surface area contributed by atoms with Gasteiger partial charge in [-0.15, -0.1) is 11.8 Å². The molecule has 2 aliphatic rings. The van der Waals surface area contributed by atoms with Crippen molar-refractivity contribution in [1.82, 2.24) is 4.90 Å². The van der Waals surface area contributed by atoms with Crippen LogP contribution in [0.4, 0.5) is 16.2 Å². The molecule has 0 aromatic heterocycles. The van der Waals surface area contributed by atoms with Crippen molar-refractivity contribution in [3.63, 3.8) is 0 Å². The Hall–Kier alpha value is -4.04. The molecule has 0 saturated carbocycles. The largest absolute Gasteiger partial charge is 0.508 e. The number of hydrogen-bond acceptors (Lipinski definition) is 16. The first-order valence-electron chi connectivity index (χ1n) is 14.5. The average molecular weight is 726 g/mol. The molecule has 2 aromatic rings. The zero-order chi connectivity index (χ0) is 34.6. The third kappa shape index (κ3) is 10.2. The highest BCUT2D eigenvalue weighted by atomic mass is 32.2. The highest BCUT2D eigenvalue weighted by Gasteiger charge is 2.53. The Kier molecular flexibility index (Phi) is 13.7. The van der Waals surface area contributed by atoms with E-state index in [1.54, 1.807) is 0 Å². The van der Waals surface area contributed by atoms with Crippen LogP contribution < -0.4 is 0 Å². The average Bonchev–Trinajstić information content (AvgIpc) is 3.08. The van der Waals surface area contributed by atoms with Crippen LogP contribution in [0.15, 0.2) is 48.5 Å². The van der Waals surface area contributed by atoms with Crippen molar-refractivity contribution in [2.75, 3.05) is 32.4 Å². The number of carbonyl (C=O) groups excluding carboxylic acids is 3. The fraction of sp³-hybridized carbons (Fsp3) is 0.448. The molecular formula is C29H31N3O13S3. The maximum atomic E-state index is 13.5. The van der Waals surface area contributed by atoms with Gasteiger partial charge in [0.05, 0.1) is 41.0 Å². The van der Waals surface area contributed by atoms with E-state index in [0.717, 1.165) is 11.8 Å². The van der Waals surface area contributed by atoms with Gasteiger partial charge >= 0.3 is 12.1 Å². The number of β-lactam (4-membered cyclic amide) rings is 1. The maximum Gasteiger partial charge on any atom is 0.508 e. The van der Waals surface area contributed by atoms with Crippen molar-refractivity contribution in [1.29, 1.82) is 0 Å². The van der Waals surface area contributed by atoms with Crippen LogP contribution in [-0.4, -0.2) is 86.4 Å². The number of carbonyl (C=O) groups is 3. The van der Waals surface area contributed by atoms with Crippen LogP contribution in [0.1, 0.15) is 24.5 Å². The molecule has 48 heavy (non-hydrogen) atoms. The molecular weight excluding hydrogens is 695 g/mol. The second kappa shape index (κ2) is 17.9. The van der Waals surface area contributed by atoms with E-state index in [9.17, 15) is 34.6 Å². The Balaban J connectivity index is 1.36. The molecule has 2 fully saturated rings. The van der Waals surface area contributed by atoms with Crippen LogP contribution in [0.25, 0.3) is 0 Å². The van der Waals surface area contributed by atoms with Gasteiger partial charge in [0.1, 0.15) is 26.1 Å². The van der Waals surface area contributed by atoms with Gasteiger partial charge < -0.3 is 33.3 Å².